The van der Waals surface area contributed by atoms with Crippen LogP contribution in [0.5, 0.6) is 0 Å². The molecule has 0 saturated heterocycles. The number of anilines is 1. The lowest BCUT2D eigenvalue weighted by Crippen LogP contribution is -2.22. The minimum Gasteiger partial charge on any atom is -0.368 e. The molecule has 0 aliphatic rings. The van der Waals surface area contributed by atoms with Crippen LogP contribution in [0.2, 0.25) is 0 Å². The lowest BCUT2D eigenvalue weighted by atomic mass is 10.1. The molecule has 0 radical (unpaired) electrons. The Morgan fingerprint density at radius 1 is 1.32 bits per heavy atom. The summed E-state index contributed by atoms with van der Waals surface area (Å²) >= 11 is 0. The molecule has 0 aliphatic carbocycles. The molecule has 0 amide bonds. The molecule has 1 unspecified atom stereocenters. The minimum absolute atomic E-state index is 0.129. The van der Waals surface area contributed by atoms with Crippen molar-refractivity contribution in [3.8, 4) is 6.07 Å². The molecule has 2 aromatic rings. The van der Waals surface area contributed by atoms with Crippen molar-refractivity contribution in [1.82, 2.24) is 4.98 Å². The van der Waals surface area contributed by atoms with Gasteiger partial charge >= 0.3 is 0 Å². The predicted molar refractivity (Wildman–Crippen MR) is 72.2 cm³/mol. The third-order valence-corrected chi connectivity index (χ3v) is 3.20. The van der Waals surface area contributed by atoms with Gasteiger partial charge in [-0.15, -0.1) is 0 Å². The van der Waals surface area contributed by atoms with E-state index in [1.165, 1.54) is 6.07 Å². The van der Waals surface area contributed by atoms with Crippen LogP contribution in [-0.4, -0.2) is 12.0 Å². The van der Waals surface area contributed by atoms with Gasteiger partial charge < -0.3 is 4.90 Å². The quantitative estimate of drug-likeness (QED) is 0.845. The van der Waals surface area contributed by atoms with Crippen LogP contribution in [0.15, 0.2) is 42.6 Å². The zero-order valence-corrected chi connectivity index (χ0v) is 10.8. The first-order valence-electron chi connectivity index (χ1n) is 5.97. The van der Waals surface area contributed by atoms with Crippen molar-refractivity contribution in [3.05, 3.63) is 59.7 Å². The van der Waals surface area contributed by atoms with E-state index in [2.05, 4.69) is 4.98 Å². The lowest BCUT2D eigenvalue weighted by molar-refractivity contribution is 0.585. The topological polar surface area (TPSA) is 39.9 Å². The summed E-state index contributed by atoms with van der Waals surface area (Å²) in [6.07, 6.45) is 1.58. The Hall–Kier alpha value is -2.41. The van der Waals surface area contributed by atoms with Crippen molar-refractivity contribution in [3.63, 3.8) is 0 Å². The van der Waals surface area contributed by atoms with Gasteiger partial charge in [0.2, 0.25) is 0 Å². The highest BCUT2D eigenvalue weighted by atomic mass is 19.1. The summed E-state index contributed by atoms with van der Waals surface area (Å²) in [7, 11) is 1.87. The lowest BCUT2D eigenvalue weighted by Gasteiger charge is -2.27. The fourth-order valence-electron chi connectivity index (χ4n) is 1.95. The molecule has 2 rings (SSSR count). The monoisotopic (exact) mass is 255 g/mol. The normalized spacial score (nSPS) is 11.7. The van der Waals surface area contributed by atoms with Crippen LogP contribution in [0.25, 0.3) is 0 Å². The molecule has 0 aliphatic heterocycles. The highest BCUT2D eigenvalue weighted by Crippen LogP contribution is 2.26. The van der Waals surface area contributed by atoms with E-state index in [0.29, 0.717) is 11.3 Å². The first-order chi connectivity index (χ1) is 9.13. The van der Waals surface area contributed by atoms with Crippen LogP contribution in [-0.2, 0) is 0 Å². The number of aromatic nitrogens is 1. The third-order valence-electron chi connectivity index (χ3n) is 3.20. The van der Waals surface area contributed by atoms with Gasteiger partial charge in [-0.2, -0.15) is 5.26 Å². The summed E-state index contributed by atoms with van der Waals surface area (Å²) in [6.45, 7) is 1.92. The predicted octanol–water partition coefficient (Wildman–Crippen LogP) is 3.29. The van der Waals surface area contributed by atoms with Crippen molar-refractivity contribution in [1.29, 1.82) is 5.26 Å². The number of nitrogens with zero attached hydrogens (tertiary/aromatic N) is 3. The van der Waals surface area contributed by atoms with Crippen LogP contribution in [0.4, 0.5) is 10.1 Å². The minimum atomic E-state index is -0.226. The van der Waals surface area contributed by atoms with Crippen LogP contribution < -0.4 is 4.90 Å². The average Bonchev–Trinajstić information content (AvgIpc) is 2.46. The molecule has 0 fully saturated rings. The molecule has 96 valence electrons. The summed E-state index contributed by atoms with van der Waals surface area (Å²) in [5.74, 6) is -0.226. The first kappa shape index (κ1) is 13.0. The molecule has 19 heavy (non-hydrogen) atoms. The molecule has 1 heterocycles. The molecular weight excluding hydrogens is 241 g/mol. The molecule has 1 aromatic carbocycles. The van der Waals surface area contributed by atoms with Gasteiger partial charge in [0.25, 0.3) is 0 Å². The largest absolute Gasteiger partial charge is 0.368 e. The Bertz CT molecular complexity index is 619. The Labute approximate surface area is 111 Å². The van der Waals surface area contributed by atoms with Gasteiger partial charge in [-0.05, 0) is 25.1 Å². The smallest absolute Gasteiger partial charge is 0.142 e. The van der Waals surface area contributed by atoms with E-state index < -0.39 is 0 Å². The number of hydrogen-bond acceptors (Lipinski definition) is 3. The molecule has 1 aromatic heterocycles. The molecule has 4 heteroatoms. The van der Waals surface area contributed by atoms with Crippen molar-refractivity contribution in [2.75, 3.05) is 11.9 Å². The highest BCUT2D eigenvalue weighted by molar-refractivity contribution is 5.50. The van der Waals surface area contributed by atoms with E-state index in [1.54, 1.807) is 30.5 Å². The first-order valence-corrected chi connectivity index (χ1v) is 5.97. The van der Waals surface area contributed by atoms with E-state index in [9.17, 15) is 4.39 Å². The molecule has 0 spiro atoms. The second-order valence-electron chi connectivity index (χ2n) is 4.32. The van der Waals surface area contributed by atoms with E-state index in [0.717, 1.165) is 5.69 Å². The Morgan fingerprint density at radius 3 is 2.74 bits per heavy atom. The highest BCUT2D eigenvalue weighted by Gasteiger charge is 2.16. The van der Waals surface area contributed by atoms with Crippen LogP contribution >= 0.6 is 0 Å². The maximum atomic E-state index is 13.8. The average molecular weight is 255 g/mol. The van der Waals surface area contributed by atoms with Crippen molar-refractivity contribution >= 4 is 5.69 Å². The zero-order chi connectivity index (χ0) is 13.8. The number of hydrogen-bond donors (Lipinski definition) is 0. The number of pyridine rings is 1. The Balaban J connectivity index is 2.31. The third kappa shape index (κ3) is 2.71. The van der Waals surface area contributed by atoms with E-state index >= 15 is 0 Å². The van der Waals surface area contributed by atoms with E-state index in [1.807, 2.05) is 31.0 Å². The second kappa shape index (κ2) is 5.49. The summed E-state index contributed by atoms with van der Waals surface area (Å²) < 4.78 is 13.8. The van der Waals surface area contributed by atoms with Gasteiger partial charge in [-0.1, -0.05) is 18.2 Å². The van der Waals surface area contributed by atoms with E-state index in [4.69, 9.17) is 5.26 Å². The van der Waals surface area contributed by atoms with Crippen LogP contribution in [0.1, 0.15) is 24.2 Å². The van der Waals surface area contributed by atoms with Gasteiger partial charge in [-0.25, -0.2) is 9.37 Å². The second-order valence-corrected chi connectivity index (χ2v) is 4.32. The molecule has 3 nitrogen and oxygen atoms in total. The molecule has 0 N–H and O–H groups in total. The molecule has 0 saturated carbocycles. The fraction of sp³-hybridized carbons (Fsp3) is 0.200. The van der Waals surface area contributed by atoms with Crippen molar-refractivity contribution in [2.45, 2.75) is 13.0 Å². The summed E-state index contributed by atoms with van der Waals surface area (Å²) in [4.78, 5) is 5.85. The van der Waals surface area contributed by atoms with Gasteiger partial charge in [0, 0.05) is 24.5 Å². The number of nitriles is 1. The molecular formula is C15H14FN3. The van der Waals surface area contributed by atoms with Crippen molar-refractivity contribution in [2.24, 2.45) is 0 Å². The van der Waals surface area contributed by atoms with Gasteiger partial charge in [-0.3, -0.25) is 0 Å². The summed E-state index contributed by atoms with van der Waals surface area (Å²) in [5, 5.41) is 8.85. The van der Waals surface area contributed by atoms with Gasteiger partial charge in [0.05, 0.1) is 6.04 Å². The Morgan fingerprint density at radius 2 is 2.05 bits per heavy atom. The maximum Gasteiger partial charge on any atom is 0.142 e. The standard InChI is InChI=1S/C15H14FN3/c1-11(14-5-3-4-6-15(14)16)19(2)13-7-8-18-12(9-13)10-17/h3-9,11H,1-2H3. The van der Waals surface area contributed by atoms with E-state index in [-0.39, 0.29) is 11.9 Å². The SMILES string of the molecule is CC(c1ccccc1F)N(C)c1ccnc(C#N)c1. The zero-order valence-electron chi connectivity index (χ0n) is 10.8. The molecule has 1 atom stereocenters. The molecule has 0 bridgehead atoms. The fourth-order valence-corrected chi connectivity index (χ4v) is 1.95. The number of benzene rings is 1. The van der Waals surface area contributed by atoms with Crippen LogP contribution in [0.3, 0.4) is 0 Å². The van der Waals surface area contributed by atoms with Crippen molar-refractivity contribution < 1.29 is 4.39 Å². The Kier molecular flexibility index (Phi) is 3.76. The number of halogens is 1. The summed E-state index contributed by atoms with van der Waals surface area (Å²) in [5.41, 5.74) is 1.81. The van der Waals surface area contributed by atoms with Gasteiger partial charge in [0.1, 0.15) is 17.6 Å². The summed E-state index contributed by atoms with van der Waals surface area (Å²) in [6, 6.07) is 12.1. The maximum absolute atomic E-state index is 13.8. The van der Waals surface area contributed by atoms with Crippen LogP contribution in [0, 0.1) is 17.1 Å². The number of rotatable bonds is 3. The van der Waals surface area contributed by atoms with Gasteiger partial charge in [0.15, 0.2) is 0 Å².